The number of pyridine rings is 1. The van der Waals surface area contributed by atoms with Crippen molar-refractivity contribution in [3.63, 3.8) is 0 Å². The molecule has 1 atom stereocenters. The maximum atomic E-state index is 15.6. The van der Waals surface area contributed by atoms with Gasteiger partial charge in [-0.25, -0.2) is 4.39 Å². The number of nitriles is 1. The van der Waals surface area contributed by atoms with E-state index >= 15 is 4.39 Å². The van der Waals surface area contributed by atoms with Crippen LogP contribution in [0.15, 0.2) is 59.3 Å². The van der Waals surface area contributed by atoms with E-state index in [4.69, 9.17) is 9.15 Å². The molecule has 4 rings (SSSR count). The summed E-state index contributed by atoms with van der Waals surface area (Å²) in [5.74, 6) is -1.30. The molecule has 0 spiro atoms. The Hall–Kier alpha value is -3.91. The van der Waals surface area contributed by atoms with E-state index in [0.29, 0.717) is 27.8 Å². The highest BCUT2D eigenvalue weighted by molar-refractivity contribution is 7.90. The zero-order chi connectivity index (χ0) is 27.4. The molecule has 2 aromatic carbocycles. The molecule has 0 aliphatic rings. The number of carboxylic acid groups (broad SMARTS) is 1. The van der Waals surface area contributed by atoms with Gasteiger partial charge in [0.15, 0.2) is 5.82 Å². The maximum absolute atomic E-state index is 15.6. The van der Waals surface area contributed by atoms with Gasteiger partial charge < -0.3 is 18.8 Å². The summed E-state index contributed by atoms with van der Waals surface area (Å²) < 4.78 is 41.9. The lowest BCUT2D eigenvalue weighted by Gasteiger charge is -2.23. The van der Waals surface area contributed by atoms with Crippen LogP contribution in [0.1, 0.15) is 43.2 Å². The van der Waals surface area contributed by atoms with Crippen LogP contribution in [0, 0.1) is 17.1 Å². The van der Waals surface area contributed by atoms with Crippen molar-refractivity contribution in [3.05, 3.63) is 83.1 Å². The molecule has 196 valence electrons. The Balaban J connectivity index is 1.66. The van der Waals surface area contributed by atoms with Crippen LogP contribution in [-0.4, -0.2) is 25.4 Å². The number of aromatic nitrogens is 1. The number of nitrogens with zero attached hydrogens (tertiary/aromatic N) is 2. The SMILES string of the molecule is CC(C)(C)[S@+]([O-])NCc1nccc(-c2cc(COc3cc(C#N)ccc3CC(=O)O)cc3ccoc23)c1F. The standard InChI is InChI=1S/C28H26FN3O5S/c1-28(2,3)38(35)32-15-23-26(29)21(6-8-31-23)22-11-18(10-20-7-9-36-27(20)22)16-37-24-12-17(14-30)4-5-19(24)13-25(33)34/h4-12,32H,13,15-16H2,1-3H3,(H,33,34)/t38-/m0/s1. The van der Waals surface area contributed by atoms with E-state index in [2.05, 4.69) is 9.71 Å². The summed E-state index contributed by atoms with van der Waals surface area (Å²) in [6, 6.07) is 13.5. The molecule has 0 saturated heterocycles. The summed E-state index contributed by atoms with van der Waals surface area (Å²) in [7, 11) is 0. The molecule has 0 radical (unpaired) electrons. The van der Waals surface area contributed by atoms with Crippen molar-refractivity contribution in [1.29, 1.82) is 5.26 Å². The van der Waals surface area contributed by atoms with Crippen molar-refractivity contribution in [2.75, 3.05) is 0 Å². The minimum absolute atomic E-state index is 0.0186. The molecule has 2 aromatic heterocycles. The van der Waals surface area contributed by atoms with Crippen molar-refractivity contribution < 1.29 is 28.0 Å². The summed E-state index contributed by atoms with van der Waals surface area (Å²) in [6.45, 7) is 5.48. The van der Waals surface area contributed by atoms with Gasteiger partial charge in [-0.15, -0.1) is 4.72 Å². The van der Waals surface area contributed by atoms with Gasteiger partial charge in [0, 0.05) is 39.6 Å². The number of hydrogen-bond acceptors (Lipinski definition) is 7. The number of carbonyl (C=O) groups is 1. The molecule has 8 nitrogen and oxygen atoms in total. The highest BCUT2D eigenvalue weighted by Crippen LogP contribution is 2.34. The first-order valence-electron chi connectivity index (χ1n) is 11.7. The lowest BCUT2D eigenvalue weighted by atomic mass is 10.00. The predicted molar refractivity (Wildman–Crippen MR) is 141 cm³/mol. The summed E-state index contributed by atoms with van der Waals surface area (Å²) in [6.07, 6.45) is 2.74. The molecule has 38 heavy (non-hydrogen) atoms. The van der Waals surface area contributed by atoms with Crippen molar-refractivity contribution in [1.82, 2.24) is 9.71 Å². The van der Waals surface area contributed by atoms with Crippen molar-refractivity contribution >= 4 is 28.3 Å². The first-order valence-corrected chi connectivity index (χ1v) is 12.9. The number of halogens is 1. The van der Waals surface area contributed by atoms with E-state index in [1.165, 1.54) is 24.6 Å². The number of aliphatic carboxylic acids is 1. The molecule has 0 saturated carbocycles. The molecule has 4 aromatic rings. The normalized spacial score (nSPS) is 12.3. The van der Waals surface area contributed by atoms with Crippen LogP contribution < -0.4 is 9.46 Å². The van der Waals surface area contributed by atoms with Gasteiger partial charge in [0.25, 0.3) is 0 Å². The Morgan fingerprint density at radius 3 is 2.74 bits per heavy atom. The van der Waals surface area contributed by atoms with E-state index in [-0.39, 0.29) is 36.6 Å². The number of hydrogen-bond donors (Lipinski definition) is 2. The van der Waals surface area contributed by atoms with E-state index < -0.39 is 27.9 Å². The van der Waals surface area contributed by atoms with Crippen LogP contribution in [-0.2, 0) is 35.7 Å². The second-order valence-corrected chi connectivity index (χ2v) is 11.6. The molecule has 0 bridgehead atoms. The lowest BCUT2D eigenvalue weighted by Crippen LogP contribution is -2.39. The zero-order valence-corrected chi connectivity index (χ0v) is 21.9. The summed E-state index contributed by atoms with van der Waals surface area (Å²) in [4.78, 5) is 15.4. The molecule has 0 amide bonds. The van der Waals surface area contributed by atoms with Crippen LogP contribution in [0.2, 0.25) is 0 Å². The second kappa shape index (κ2) is 11.2. The summed E-state index contributed by atoms with van der Waals surface area (Å²) in [5.41, 5.74) is 2.81. The molecule has 2 N–H and O–H groups in total. The fraction of sp³-hybridized carbons (Fsp3) is 0.250. The third-order valence-electron chi connectivity index (χ3n) is 5.72. The maximum Gasteiger partial charge on any atom is 0.307 e. The first kappa shape index (κ1) is 27.1. The van der Waals surface area contributed by atoms with Crippen molar-refractivity contribution in [3.8, 4) is 22.9 Å². The van der Waals surface area contributed by atoms with Gasteiger partial charge in [0.2, 0.25) is 0 Å². The Bertz CT molecular complexity index is 1520. The lowest BCUT2D eigenvalue weighted by molar-refractivity contribution is -0.136. The number of furan rings is 1. The number of nitrogens with one attached hydrogen (secondary N) is 1. The minimum Gasteiger partial charge on any atom is -0.598 e. The molecular weight excluding hydrogens is 509 g/mol. The highest BCUT2D eigenvalue weighted by Gasteiger charge is 2.27. The predicted octanol–water partition coefficient (Wildman–Crippen LogP) is 5.26. The third kappa shape index (κ3) is 6.14. The topological polar surface area (TPSA) is 131 Å². The Labute approximate surface area is 222 Å². The van der Waals surface area contributed by atoms with Gasteiger partial charge in [0.05, 0.1) is 36.6 Å². The zero-order valence-electron chi connectivity index (χ0n) is 21.1. The summed E-state index contributed by atoms with van der Waals surface area (Å²) >= 11 is -1.39. The van der Waals surface area contributed by atoms with Gasteiger partial charge in [-0.1, -0.05) is 6.07 Å². The van der Waals surface area contributed by atoms with Crippen LogP contribution >= 0.6 is 0 Å². The number of rotatable bonds is 9. The molecule has 0 unspecified atom stereocenters. The van der Waals surface area contributed by atoms with Crippen LogP contribution in [0.5, 0.6) is 5.75 Å². The van der Waals surface area contributed by atoms with Gasteiger partial charge >= 0.3 is 5.97 Å². The Morgan fingerprint density at radius 2 is 2.03 bits per heavy atom. The van der Waals surface area contributed by atoms with Gasteiger partial charge in [0.1, 0.15) is 22.7 Å². The molecule has 0 fully saturated rings. The van der Waals surface area contributed by atoms with Gasteiger partial charge in [-0.3, -0.25) is 9.78 Å². The largest absolute Gasteiger partial charge is 0.598 e. The number of carboxylic acids is 1. The van der Waals surface area contributed by atoms with E-state index in [9.17, 15) is 19.7 Å². The van der Waals surface area contributed by atoms with Crippen LogP contribution in [0.25, 0.3) is 22.1 Å². The minimum atomic E-state index is -1.39. The smallest absolute Gasteiger partial charge is 0.307 e. The monoisotopic (exact) mass is 535 g/mol. The quantitative estimate of drug-likeness (QED) is 0.277. The highest BCUT2D eigenvalue weighted by atomic mass is 32.2. The van der Waals surface area contributed by atoms with Gasteiger partial charge in [-0.05, 0) is 62.7 Å². The molecule has 0 aliphatic heterocycles. The third-order valence-corrected chi connectivity index (χ3v) is 7.24. The number of benzene rings is 2. The average molecular weight is 536 g/mol. The second-order valence-electron chi connectivity index (χ2n) is 9.60. The Kier molecular flexibility index (Phi) is 8.02. The van der Waals surface area contributed by atoms with E-state index in [0.717, 1.165) is 5.39 Å². The first-order chi connectivity index (χ1) is 18.1. The molecular formula is C28H26FN3O5S. The van der Waals surface area contributed by atoms with Crippen LogP contribution in [0.3, 0.4) is 0 Å². The fourth-order valence-corrected chi connectivity index (χ4v) is 4.53. The summed E-state index contributed by atoms with van der Waals surface area (Å²) in [5, 5.41) is 19.2. The molecule has 10 heteroatoms. The van der Waals surface area contributed by atoms with Crippen molar-refractivity contribution in [2.24, 2.45) is 0 Å². The van der Waals surface area contributed by atoms with E-state index in [1.807, 2.05) is 32.9 Å². The molecule has 2 heterocycles. The van der Waals surface area contributed by atoms with E-state index in [1.54, 1.807) is 24.3 Å². The number of fused-ring (bicyclic) bond motifs is 1. The fourth-order valence-electron chi connectivity index (χ4n) is 3.82. The number of ether oxygens (including phenoxy) is 1. The van der Waals surface area contributed by atoms with Gasteiger partial charge in [-0.2, -0.15) is 5.26 Å². The van der Waals surface area contributed by atoms with Crippen LogP contribution in [0.4, 0.5) is 4.39 Å². The Morgan fingerprint density at radius 1 is 1.24 bits per heavy atom. The van der Waals surface area contributed by atoms with Crippen molar-refractivity contribution in [2.45, 2.75) is 45.1 Å². The molecule has 0 aliphatic carbocycles. The average Bonchev–Trinajstić information content (AvgIpc) is 3.35.